The van der Waals surface area contributed by atoms with Crippen molar-refractivity contribution in [3.8, 4) is 0 Å². The number of hydrogen-bond acceptors (Lipinski definition) is 3. The molecule has 0 spiro atoms. The van der Waals surface area contributed by atoms with Crippen LogP contribution in [0.25, 0.3) is 0 Å². The first-order chi connectivity index (χ1) is 12.3. The molecule has 2 aromatic rings. The van der Waals surface area contributed by atoms with Gasteiger partial charge in [0.05, 0.1) is 5.56 Å². The van der Waals surface area contributed by atoms with E-state index in [0.29, 0.717) is 31.5 Å². The average molecular weight is 366 g/mol. The number of carbonyl (C=O) groups is 1. The molecule has 1 amide bonds. The maximum atomic E-state index is 13.2. The van der Waals surface area contributed by atoms with E-state index in [4.69, 9.17) is 0 Å². The van der Waals surface area contributed by atoms with Crippen molar-refractivity contribution in [3.63, 3.8) is 0 Å². The van der Waals surface area contributed by atoms with Crippen LogP contribution in [0.3, 0.4) is 0 Å². The standard InChI is InChI=1S/C18H21F3N4O/c1-24(13-14-4-2-5-15(12-14)18(19,20)21)16(26)17(6-9-22-10-7-17)25-11-3-8-23-25/h2-5,8,11-12,22H,6-7,9-10,13H2,1H3. The van der Waals surface area contributed by atoms with Crippen LogP contribution in [0.15, 0.2) is 42.7 Å². The maximum Gasteiger partial charge on any atom is 0.416 e. The van der Waals surface area contributed by atoms with Crippen molar-refractivity contribution in [1.82, 2.24) is 20.0 Å². The molecule has 0 radical (unpaired) electrons. The fraction of sp³-hybridized carbons (Fsp3) is 0.444. The summed E-state index contributed by atoms with van der Waals surface area (Å²) < 4.78 is 40.4. The summed E-state index contributed by atoms with van der Waals surface area (Å²) in [7, 11) is 1.62. The number of amides is 1. The van der Waals surface area contributed by atoms with Gasteiger partial charge in [0.25, 0.3) is 5.91 Å². The van der Waals surface area contributed by atoms with Gasteiger partial charge in [-0.3, -0.25) is 9.48 Å². The molecular weight excluding hydrogens is 345 g/mol. The summed E-state index contributed by atoms with van der Waals surface area (Å²) >= 11 is 0. The molecule has 1 aliphatic rings. The third-order valence-electron chi connectivity index (χ3n) is 4.79. The molecule has 2 heterocycles. The lowest BCUT2D eigenvalue weighted by atomic mass is 9.86. The number of halogens is 3. The van der Waals surface area contributed by atoms with Crippen LogP contribution in [-0.4, -0.2) is 40.7 Å². The highest BCUT2D eigenvalue weighted by molar-refractivity contribution is 5.84. The summed E-state index contributed by atoms with van der Waals surface area (Å²) in [6.45, 7) is 1.48. The summed E-state index contributed by atoms with van der Waals surface area (Å²) in [5.41, 5.74) is -1.06. The Morgan fingerprint density at radius 2 is 2.04 bits per heavy atom. The van der Waals surface area contributed by atoms with Gasteiger partial charge in [-0.1, -0.05) is 12.1 Å². The minimum Gasteiger partial charge on any atom is -0.339 e. The van der Waals surface area contributed by atoms with E-state index in [2.05, 4.69) is 10.4 Å². The van der Waals surface area contributed by atoms with E-state index in [9.17, 15) is 18.0 Å². The first-order valence-corrected chi connectivity index (χ1v) is 8.45. The van der Waals surface area contributed by atoms with Crippen molar-refractivity contribution in [2.75, 3.05) is 20.1 Å². The molecule has 1 saturated heterocycles. The number of alkyl halides is 3. The third-order valence-corrected chi connectivity index (χ3v) is 4.79. The molecule has 1 N–H and O–H groups in total. The van der Waals surface area contributed by atoms with Gasteiger partial charge in [0, 0.05) is 26.0 Å². The van der Waals surface area contributed by atoms with Gasteiger partial charge in [-0.25, -0.2) is 0 Å². The van der Waals surface area contributed by atoms with Gasteiger partial charge in [-0.05, 0) is 49.7 Å². The molecule has 1 aromatic carbocycles. The largest absolute Gasteiger partial charge is 0.416 e. The van der Waals surface area contributed by atoms with E-state index in [1.54, 1.807) is 36.3 Å². The lowest BCUT2D eigenvalue weighted by Gasteiger charge is -2.39. The fourth-order valence-corrected chi connectivity index (χ4v) is 3.45. The number of likely N-dealkylation sites (N-methyl/N-ethyl adjacent to an activating group) is 1. The van der Waals surface area contributed by atoms with Crippen molar-refractivity contribution in [2.45, 2.75) is 31.1 Å². The minimum absolute atomic E-state index is 0.110. The molecule has 0 atom stereocenters. The number of benzene rings is 1. The van der Waals surface area contributed by atoms with Gasteiger partial charge in [-0.2, -0.15) is 18.3 Å². The van der Waals surface area contributed by atoms with Crippen molar-refractivity contribution in [1.29, 1.82) is 0 Å². The van der Waals surface area contributed by atoms with Gasteiger partial charge in [0.2, 0.25) is 0 Å². The quantitative estimate of drug-likeness (QED) is 0.905. The minimum atomic E-state index is -4.40. The first-order valence-electron chi connectivity index (χ1n) is 8.45. The number of nitrogens with zero attached hydrogens (tertiary/aromatic N) is 3. The Labute approximate surface area is 149 Å². The van der Waals surface area contributed by atoms with E-state index < -0.39 is 17.3 Å². The Balaban J connectivity index is 1.82. The predicted molar refractivity (Wildman–Crippen MR) is 90.2 cm³/mol. The molecule has 1 fully saturated rings. The second-order valence-corrected chi connectivity index (χ2v) is 6.59. The molecular formula is C18H21F3N4O. The number of hydrogen-bond donors (Lipinski definition) is 1. The molecule has 26 heavy (non-hydrogen) atoms. The van der Waals surface area contributed by atoms with Crippen LogP contribution in [-0.2, 0) is 23.1 Å². The van der Waals surface area contributed by atoms with Crippen LogP contribution in [0.1, 0.15) is 24.0 Å². The van der Waals surface area contributed by atoms with E-state index in [1.807, 2.05) is 0 Å². The summed E-state index contributed by atoms with van der Waals surface area (Å²) in [5, 5.41) is 7.49. The van der Waals surface area contributed by atoms with Gasteiger partial charge in [0.15, 0.2) is 0 Å². The zero-order chi connectivity index (χ0) is 18.8. The van der Waals surface area contributed by atoms with Gasteiger partial charge >= 0.3 is 6.18 Å². The molecule has 5 nitrogen and oxygen atoms in total. The molecule has 1 aliphatic heterocycles. The topological polar surface area (TPSA) is 50.2 Å². The molecule has 140 valence electrons. The SMILES string of the molecule is CN(Cc1cccc(C(F)(F)F)c1)C(=O)C1(n2cccn2)CCNCC1. The Morgan fingerprint density at radius 1 is 1.31 bits per heavy atom. The second-order valence-electron chi connectivity index (χ2n) is 6.59. The number of nitrogens with one attached hydrogen (secondary N) is 1. The van der Waals surface area contributed by atoms with Crippen LogP contribution < -0.4 is 5.32 Å². The summed E-state index contributed by atoms with van der Waals surface area (Å²) in [4.78, 5) is 14.7. The summed E-state index contributed by atoms with van der Waals surface area (Å²) in [5.74, 6) is -0.139. The van der Waals surface area contributed by atoms with E-state index >= 15 is 0 Å². The third kappa shape index (κ3) is 3.60. The lowest BCUT2D eigenvalue weighted by Crippen LogP contribution is -2.54. The van der Waals surface area contributed by atoms with Gasteiger partial charge in [-0.15, -0.1) is 0 Å². The number of piperidine rings is 1. The van der Waals surface area contributed by atoms with Crippen LogP contribution in [0.4, 0.5) is 13.2 Å². The predicted octanol–water partition coefficient (Wildman–Crippen LogP) is 2.64. The Kier molecular flexibility index (Phi) is 5.04. The van der Waals surface area contributed by atoms with Gasteiger partial charge < -0.3 is 10.2 Å². The maximum absolute atomic E-state index is 13.2. The Hall–Kier alpha value is -2.35. The molecule has 0 saturated carbocycles. The van der Waals surface area contributed by atoms with Crippen molar-refractivity contribution in [2.24, 2.45) is 0 Å². The molecule has 1 aromatic heterocycles. The highest BCUT2D eigenvalue weighted by Crippen LogP contribution is 2.31. The average Bonchev–Trinajstić information content (AvgIpc) is 3.16. The van der Waals surface area contributed by atoms with Gasteiger partial charge in [0.1, 0.15) is 5.54 Å². The summed E-state index contributed by atoms with van der Waals surface area (Å²) in [6, 6.07) is 6.85. The fourth-order valence-electron chi connectivity index (χ4n) is 3.45. The lowest BCUT2D eigenvalue weighted by molar-refractivity contribution is -0.142. The van der Waals surface area contributed by atoms with Crippen LogP contribution in [0.5, 0.6) is 0 Å². The number of aromatic nitrogens is 2. The second kappa shape index (κ2) is 7.11. The van der Waals surface area contributed by atoms with Crippen LogP contribution >= 0.6 is 0 Å². The van der Waals surface area contributed by atoms with Crippen molar-refractivity contribution >= 4 is 5.91 Å². The zero-order valence-electron chi connectivity index (χ0n) is 14.5. The van der Waals surface area contributed by atoms with Crippen molar-refractivity contribution in [3.05, 3.63) is 53.9 Å². The highest BCUT2D eigenvalue weighted by Gasteiger charge is 2.43. The van der Waals surface area contributed by atoms with Crippen molar-refractivity contribution < 1.29 is 18.0 Å². The van der Waals surface area contributed by atoms with Crippen LogP contribution in [0, 0.1) is 0 Å². The Bertz CT molecular complexity index is 752. The highest BCUT2D eigenvalue weighted by atomic mass is 19.4. The van der Waals surface area contributed by atoms with E-state index in [0.717, 1.165) is 12.1 Å². The summed E-state index contributed by atoms with van der Waals surface area (Å²) in [6.07, 6.45) is 0.163. The van der Waals surface area contributed by atoms with E-state index in [1.165, 1.54) is 11.0 Å². The normalized spacial score (nSPS) is 17.1. The molecule has 3 rings (SSSR count). The van der Waals surface area contributed by atoms with Crippen LogP contribution in [0.2, 0.25) is 0 Å². The number of rotatable bonds is 4. The smallest absolute Gasteiger partial charge is 0.339 e. The van der Waals surface area contributed by atoms with E-state index in [-0.39, 0.29) is 12.5 Å². The monoisotopic (exact) mass is 366 g/mol. The Morgan fingerprint density at radius 3 is 2.65 bits per heavy atom. The molecule has 0 bridgehead atoms. The zero-order valence-corrected chi connectivity index (χ0v) is 14.5. The first kappa shape index (κ1) is 18.4. The number of carbonyl (C=O) groups excluding carboxylic acids is 1. The molecule has 0 unspecified atom stereocenters. The molecule has 8 heteroatoms. The molecule has 0 aliphatic carbocycles.